The predicted octanol–water partition coefficient (Wildman–Crippen LogP) is -0.930. The average Bonchev–Trinajstić information content (AvgIpc) is 2.20. The molecule has 0 aliphatic carbocycles. The summed E-state index contributed by atoms with van der Waals surface area (Å²) in [5, 5.41) is 27.2. The summed E-state index contributed by atoms with van der Waals surface area (Å²) < 4.78 is 0. The molecule has 0 fully saturated rings. The highest BCUT2D eigenvalue weighted by atomic mass is 16.4. The molecular weight excluding hydrogens is 186 g/mol. The first-order valence-corrected chi connectivity index (χ1v) is 4.22. The smallest absolute Gasteiger partial charge is 0.250 e. The number of aliphatic hydroxyl groups excluding tert-OH is 3. The molecule has 0 bridgehead atoms. The van der Waals surface area contributed by atoms with Gasteiger partial charge < -0.3 is 20.3 Å². The van der Waals surface area contributed by atoms with Gasteiger partial charge in [-0.2, -0.15) is 0 Å². The molecule has 2 unspecified atom stereocenters. The summed E-state index contributed by atoms with van der Waals surface area (Å²) in [6.07, 6.45) is -1.10. The van der Waals surface area contributed by atoms with Gasteiger partial charge in [-0.1, -0.05) is 0 Å². The first kappa shape index (κ1) is 10.9. The van der Waals surface area contributed by atoms with Crippen LogP contribution in [-0.2, 0) is 0 Å². The average molecular weight is 199 g/mol. The zero-order chi connectivity index (χ0) is 10.7. The molecule has 0 saturated heterocycles. The topological polar surface area (TPSA) is 93.5 Å². The third-order valence-corrected chi connectivity index (χ3v) is 2.00. The Morgan fingerprint density at radius 1 is 1.50 bits per heavy atom. The number of aromatic nitrogens is 1. The van der Waals surface area contributed by atoms with Crippen molar-refractivity contribution >= 4 is 0 Å². The largest absolute Gasteiger partial charge is 0.394 e. The Morgan fingerprint density at radius 3 is 2.64 bits per heavy atom. The fourth-order valence-electron chi connectivity index (χ4n) is 1.11. The lowest BCUT2D eigenvalue weighted by Crippen LogP contribution is -2.23. The SMILES string of the molecule is Cc1cc(C(O)C(O)CO)c[nH]c1=O. The van der Waals surface area contributed by atoms with Crippen molar-refractivity contribution in [3.63, 3.8) is 0 Å². The van der Waals surface area contributed by atoms with Crippen molar-refractivity contribution in [1.82, 2.24) is 4.98 Å². The van der Waals surface area contributed by atoms with E-state index in [1.807, 2.05) is 0 Å². The van der Waals surface area contributed by atoms with Gasteiger partial charge in [0.25, 0.3) is 5.56 Å². The van der Waals surface area contributed by atoms with Crippen LogP contribution in [0.25, 0.3) is 0 Å². The zero-order valence-electron chi connectivity index (χ0n) is 7.77. The molecule has 0 saturated carbocycles. The maximum absolute atomic E-state index is 11.0. The first-order valence-electron chi connectivity index (χ1n) is 4.22. The molecule has 5 nitrogen and oxygen atoms in total. The lowest BCUT2D eigenvalue weighted by atomic mass is 10.1. The molecule has 1 rings (SSSR count). The number of aliphatic hydroxyl groups is 3. The molecule has 1 aromatic rings. The van der Waals surface area contributed by atoms with Crippen molar-refractivity contribution in [2.75, 3.05) is 6.61 Å². The van der Waals surface area contributed by atoms with E-state index in [-0.39, 0.29) is 5.56 Å². The predicted molar refractivity (Wildman–Crippen MR) is 49.9 cm³/mol. The van der Waals surface area contributed by atoms with Crippen molar-refractivity contribution < 1.29 is 15.3 Å². The van der Waals surface area contributed by atoms with E-state index < -0.39 is 18.8 Å². The minimum atomic E-state index is -1.24. The molecule has 2 atom stereocenters. The normalized spacial score (nSPS) is 15.1. The Balaban J connectivity index is 2.96. The number of hydrogen-bond acceptors (Lipinski definition) is 4. The van der Waals surface area contributed by atoms with E-state index >= 15 is 0 Å². The van der Waals surface area contributed by atoms with E-state index in [9.17, 15) is 9.90 Å². The first-order chi connectivity index (χ1) is 6.56. The third-order valence-electron chi connectivity index (χ3n) is 2.00. The number of H-pyrrole nitrogens is 1. The number of hydrogen-bond donors (Lipinski definition) is 4. The van der Waals surface area contributed by atoms with E-state index in [0.29, 0.717) is 11.1 Å². The third kappa shape index (κ3) is 2.20. The van der Waals surface area contributed by atoms with Gasteiger partial charge in [-0.05, 0) is 18.6 Å². The van der Waals surface area contributed by atoms with E-state index in [1.54, 1.807) is 6.92 Å². The highest BCUT2D eigenvalue weighted by Gasteiger charge is 2.17. The van der Waals surface area contributed by atoms with Gasteiger partial charge in [0, 0.05) is 11.8 Å². The molecule has 78 valence electrons. The number of pyridine rings is 1. The second-order valence-corrected chi connectivity index (χ2v) is 3.14. The van der Waals surface area contributed by atoms with Crippen LogP contribution in [0.1, 0.15) is 17.2 Å². The van der Waals surface area contributed by atoms with Crippen molar-refractivity contribution in [2.24, 2.45) is 0 Å². The molecule has 0 radical (unpaired) electrons. The highest BCUT2D eigenvalue weighted by Crippen LogP contribution is 2.15. The summed E-state index contributed by atoms with van der Waals surface area (Å²) in [7, 11) is 0. The van der Waals surface area contributed by atoms with E-state index in [1.165, 1.54) is 12.3 Å². The van der Waals surface area contributed by atoms with Crippen LogP contribution < -0.4 is 5.56 Å². The quantitative estimate of drug-likeness (QED) is 0.506. The molecular formula is C9H13NO4. The Bertz CT molecular complexity index is 360. The van der Waals surface area contributed by atoms with Crippen LogP contribution in [0.15, 0.2) is 17.1 Å². The van der Waals surface area contributed by atoms with Crippen LogP contribution in [0.3, 0.4) is 0 Å². The minimum Gasteiger partial charge on any atom is -0.394 e. The Labute approximate surface area is 80.7 Å². The minimum absolute atomic E-state index is 0.237. The number of rotatable bonds is 3. The molecule has 0 aromatic carbocycles. The van der Waals surface area contributed by atoms with E-state index in [4.69, 9.17) is 10.2 Å². The molecule has 4 N–H and O–H groups in total. The van der Waals surface area contributed by atoms with Crippen LogP contribution in [0.5, 0.6) is 0 Å². The molecule has 1 aromatic heterocycles. The van der Waals surface area contributed by atoms with Crippen molar-refractivity contribution in [2.45, 2.75) is 19.1 Å². The lowest BCUT2D eigenvalue weighted by molar-refractivity contribution is -0.0154. The highest BCUT2D eigenvalue weighted by molar-refractivity contribution is 5.19. The van der Waals surface area contributed by atoms with Crippen LogP contribution in [0.4, 0.5) is 0 Å². The number of aryl methyl sites for hydroxylation is 1. The summed E-state index contributed by atoms with van der Waals surface area (Å²) in [6, 6.07) is 1.47. The van der Waals surface area contributed by atoms with Gasteiger partial charge in [-0.15, -0.1) is 0 Å². The van der Waals surface area contributed by atoms with Gasteiger partial charge in [0.2, 0.25) is 0 Å². The Morgan fingerprint density at radius 2 is 2.14 bits per heavy atom. The fraction of sp³-hybridized carbons (Fsp3) is 0.444. The van der Waals surface area contributed by atoms with Gasteiger partial charge in [0.05, 0.1) is 6.61 Å². The van der Waals surface area contributed by atoms with Gasteiger partial charge in [-0.3, -0.25) is 4.79 Å². The van der Waals surface area contributed by atoms with Gasteiger partial charge >= 0.3 is 0 Å². The molecule has 0 spiro atoms. The van der Waals surface area contributed by atoms with Crippen molar-refractivity contribution in [1.29, 1.82) is 0 Å². The van der Waals surface area contributed by atoms with Crippen LogP contribution >= 0.6 is 0 Å². The zero-order valence-corrected chi connectivity index (χ0v) is 7.77. The molecule has 14 heavy (non-hydrogen) atoms. The summed E-state index contributed by atoms with van der Waals surface area (Å²) in [5.74, 6) is 0. The number of nitrogens with one attached hydrogen (secondary N) is 1. The standard InChI is InChI=1S/C9H13NO4/c1-5-2-6(3-10-9(5)14)8(13)7(12)4-11/h2-3,7-8,11-13H,4H2,1H3,(H,10,14). The summed E-state index contributed by atoms with van der Waals surface area (Å²) >= 11 is 0. The van der Waals surface area contributed by atoms with Crippen LogP contribution in [0, 0.1) is 6.92 Å². The lowest BCUT2D eigenvalue weighted by Gasteiger charge is -2.15. The molecule has 1 heterocycles. The van der Waals surface area contributed by atoms with Crippen molar-refractivity contribution in [3.05, 3.63) is 33.7 Å². The fourth-order valence-corrected chi connectivity index (χ4v) is 1.11. The Hall–Kier alpha value is -1.17. The summed E-state index contributed by atoms with van der Waals surface area (Å²) in [5.41, 5.74) is 0.592. The summed E-state index contributed by atoms with van der Waals surface area (Å²) in [6.45, 7) is 1.07. The molecule has 5 heteroatoms. The van der Waals surface area contributed by atoms with Crippen molar-refractivity contribution in [3.8, 4) is 0 Å². The molecule has 0 aliphatic rings. The maximum Gasteiger partial charge on any atom is 0.250 e. The monoisotopic (exact) mass is 199 g/mol. The van der Waals surface area contributed by atoms with Crippen LogP contribution in [0.2, 0.25) is 0 Å². The second kappa shape index (κ2) is 4.36. The maximum atomic E-state index is 11.0. The van der Waals surface area contributed by atoms with Crippen LogP contribution in [-0.4, -0.2) is 33.0 Å². The van der Waals surface area contributed by atoms with Gasteiger partial charge in [-0.25, -0.2) is 0 Å². The Kier molecular flexibility index (Phi) is 3.40. The summed E-state index contributed by atoms with van der Waals surface area (Å²) in [4.78, 5) is 13.4. The number of aromatic amines is 1. The van der Waals surface area contributed by atoms with Gasteiger partial charge in [0.1, 0.15) is 12.2 Å². The van der Waals surface area contributed by atoms with E-state index in [2.05, 4.69) is 4.98 Å². The molecule has 0 aliphatic heterocycles. The van der Waals surface area contributed by atoms with Gasteiger partial charge in [0.15, 0.2) is 0 Å². The molecule has 0 amide bonds. The van der Waals surface area contributed by atoms with E-state index in [0.717, 1.165) is 0 Å². The second-order valence-electron chi connectivity index (χ2n) is 3.14.